The molecule has 19 heavy (non-hydrogen) atoms. The zero-order valence-electron chi connectivity index (χ0n) is 10.4. The van der Waals surface area contributed by atoms with E-state index in [-0.39, 0.29) is 5.41 Å². The lowest BCUT2D eigenvalue weighted by Gasteiger charge is -2.12. The van der Waals surface area contributed by atoms with Crippen LogP contribution >= 0.6 is 11.6 Å². The highest BCUT2D eigenvalue weighted by molar-refractivity contribution is 6.31. The summed E-state index contributed by atoms with van der Waals surface area (Å²) in [5.41, 5.74) is 3.44. The Hall–Kier alpha value is -1.80. The molecule has 1 aromatic heterocycles. The molecular weight excluding hydrogens is 256 g/mol. The number of aromatic nitrogens is 2. The molecule has 1 aliphatic carbocycles. The molecule has 1 heterocycles. The molecule has 0 bridgehead atoms. The van der Waals surface area contributed by atoms with E-state index < -0.39 is 0 Å². The first kappa shape index (κ1) is 11.1. The average Bonchev–Trinajstić information content (AvgIpc) is 3.14. The fourth-order valence-electron chi connectivity index (χ4n) is 2.75. The fraction of sp³-hybridized carbons (Fsp3) is 0.188. The molecule has 0 aliphatic heterocycles. The van der Waals surface area contributed by atoms with Crippen LogP contribution in [0.3, 0.4) is 0 Å². The van der Waals surface area contributed by atoms with Crippen molar-refractivity contribution >= 4 is 22.6 Å². The van der Waals surface area contributed by atoms with Gasteiger partial charge in [0.25, 0.3) is 0 Å². The highest BCUT2D eigenvalue weighted by Crippen LogP contribution is 2.52. The number of nitrogens with zero attached hydrogens (tertiary/aromatic N) is 1. The first-order valence-corrected chi connectivity index (χ1v) is 6.87. The third-order valence-corrected chi connectivity index (χ3v) is 4.21. The van der Waals surface area contributed by atoms with Crippen molar-refractivity contribution in [3.8, 4) is 0 Å². The lowest BCUT2D eigenvalue weighted by Crippen LogP contribution is -2.10. The summed E-state index contributed by atoms with van der Waals surface area (Å²) >= 11 is 6.03. The van der Waals surface area contributed by atoms with Crippen LogP contribution in [0.4, 0.5) is 0 Å². The van der Waals surface area contributed by atoms with E-state index in [2.05, 4.69) is 35.3 Å². The van der Waals surface area contributed by atoms with Gasteiger partial charge in [0, 0.05) is 5.02 Å². The number of hydrogen-bond acceptors (Lipinski definition) is 1. The van der Waals surface area contributed by atoms with Crippen molar-refractivity contribution in [1.29, 1.82) is 0 Å². The van der Waals surface area contributed by atoms with Crippen LogP contribution in [0.25, 0.3) is 11.0 Å². The molecule has 2 aromatic carbocycles. The number of imidazole rings is 1. The quantitative estimate of drug-likeness (QED) is 0.738. The number of aromatic amines is 1. The van der Waals surface area contributed by atoms with Crippen molar-refractivity contribution in [2.24, 2.45) is 0 Å². The molecule has 0 saturated heterocycles. The molecular formula is C16H13ClN2. The van der Waals surface area contributed by atoms with Crippen LogP contribution in [-0.4, -0.2) is 9.97 Å². The molecule has 1 N–H and O–H groups in total. The van der Waals surface area contributed by atoms with Crippen LogP contribution in [0.2, 0.25) is 5.02 Å². The fourth-order valence-corrected chi connectivity index (χ4v) is 2.92. The van der Waals surface area contributed by atoms with Gasteiger partial charge in [0.2, 0.25) is 0 Å². The summed E-state index contributed by atoms with van der Waals surface area (Å²) in [7, 11) is 0. The van der Waals surface area contributed by atoms with E-state index in [1.807, 2.05) is 18.2 Å². The van der Waals surface area contributed by atoms with Gasteiger partial charge in [-0.3, -0.25) is 0 Å². The number of halogens is 1. The summed E-state index contributed by atoms with van der Waals surface area (Å²) in [4.78, 5) is 8.19. The second kappa shape index (κ2) is 3.84. The van der Waals surface area contributed by atoms with Crippen LogP contribution in [-0.2, 0) is 5.41 Å². The molecule has 4 rings (SSSR count). The van der Waals surface area contributed by atoms with Gasteiger partial charge in [-0.25, -0.2) is 4.98 Å². The average molecular weight is 269 g/mol. The van der Waals surface area contributed by atoms with Gasteiger partial charge in [0.15, 0.2) is 0 Å². The summed E-state index contributed by atoms with van der Waals surface area (Å²) < 4.78 is 0. The SMILES string of the molecule is Clc1ccc2nc(C3(c4ccccc4)CC3)[nH]c2c1. The Balaban J connectivity index is 1.86. The Bertz CT molecular complexity index is 742. The summed E-state index contributed by atoms with van der Waals surface area (Å²) in [5.74, 6) is 1.07. The minimum absolute atomic E-state index is 0.0900. The van der Waals surface area contributed by atoms with Gasteiger partial charge in [0.05, 0.1) is 16.4 Å². The molecule has 1 saturated carbocycles. The highest BCUT2D eigenvalue weighted by Gasteiger charge is 2.48. The molecule has 0 unspecified atom stereocenters. The maximum Gasteiger partial charge on any atom is 0.117 e. The number of H-pyrrole nitrogens is 1. The zero-order valence-corrected chi connectivity index (χ0v) is 11.1. The van der Waals surface area contributed by atoms with Gasteiger partial charge in [-0.05, 0) is 36.6 Å². The summed E-state index contributed by atoms with van der Waals surface area (Å²) in [6, 6.07) is 16.4. The molecule has 3 aromatic rings. The van der Waals surface area contributed by atoms with E-state index in [0.717, 1.165) is 34.7 Å². The first-order chi connectivity index (χ1) is 9.28. The van der Waals surface area contributed by atoms with E-state index in [9.17, 15) is 0 Å². The van der Waals surface area contributed by atoms with Crippen molar-refractivity contribution < 1.29 is 0 Å². The maximum atomic E-state index is 6.03. The second-order valence-corrected chi connectivity index (χ2v) is 5.63. The molecule has 0 spiro atoms. The number of benzene rings is 2. The van der Waals surface area contributed by atoms with Crippen LogP contribution in [0, 0.1) is 0 Å². The summed E-state index contributed by atoms with van der Waals surface area (Å²) in [5, 5.41) is 0.743. The Morgan fingerprint density at radius 2 is 1.84 bits per heavy atom. The van der Waals surface area contributed by atoms with Crippen molar-refractivity contribution in [1.82, 2.24) is 9.97 Å². The van der Waals surface area contributed by atoms with Gasteiger partial charge in [-0.1, -0.05) is 41.9 Å². The normalized spacial score (nSPS) is 16.7. The minimum Gasteiger partial charge on any atom is -0.341 e. The van der Waals surface area contributed by atoms with Gasteiger partial charge in [0.1, 0.15) is 5.82 Å². The Labute approximate surface area is 116 Å². The molecule has 2 nitrogen and oxygen atoms in total. The molecule has 0 radical (unpaired) electrons. The number of hydrogen-bond donors (Lipinski definition) is 1. The molecule has 1 aliphatic rings. The van der Waals surface area contributed by atoms with Gasteiger partial charge >= 0.3 is 0 Å². The van der Waals surface area contributed by atoms with Gasteiger partial charge < -0.3 is 4.98 Å². The predicted octanol–water partition coefficient (Wildman–Crippen LogP) is 4.30. The maximum absolute atomic E-state index is 6.03. The zero-order chi connectivity index (χ0) is 12.9. The second-order valence-electron chi connectivity index (χ2n) is 5.20. The standard InChI is InChI=1S/C16H13ClN2/c17-12-6-7-13-14(10-12)19-15(18-13)16(8-9-16)11-4-2-1-3-5-11/h1-7,10H,8-9H2,(H,18,19). The van der Waals surface area contributed by atoms with E-state index in [1.54, 1.807) is 0 Å². The van der Waals surface area contributed by atoms with Crippen molar-refractivity contribution in [3.63, 3.8) is 0 Å². The molecule has 0 amide bonds. The Morgan fingerprint density at radius 3 is 2.58 bits per heavy atom. The number of rotatable bonds is 2. The van der Waals surface area contributed by atoms with Crippen molar-refractivity contribution in [3.05, 3.63) is 64.9 Å². The van der Waals surface area contributed by atoms with E-state index >= 15 is 0 Å². The number of fused-ring (bicyclic) bond motifs is 1. The highest BCUT2D eigenvalue weighted by atomic mass is 35.5. The van der Waals surface area contributed by atoms with Crippen LogP contribution < -0.4 is 0 Å². The molecule has 94 valence electrons. The smallest absolute Gasteiger partial charge is 0.117 e. The Kier molecular flexibility index (Phi) is 2.24. The van der Waals surface area contributed by atoms with E-state index in [4.69, 9.17) is 16.6 Å². The first-order valence-electron chi connectivity index (χ1n) is 6.49. The summed E-state index contributed by atoms with van der Waals surface area (Å²) in [6.45, 7) is 0. The van der Waals surface area contributed by atoms with Crippen LogP contribution in [0.15, 0.2) is 48.5 Å². The van der Waals surface area contributed by atoms with Crippen molar-refractivity contribution in [2.75, 3.05) is 0 Å². The monoisotopic (exact) mass is 268 g/mol. The van der Waals surface area contributed by atoms with E-state index in [0.29, 0.717) is 0 Å². The van der Waals surface area contributed by atoms with Crippen molar-refractivity contribution in [2.45, 2.75) is 18.3 Å². The lowest BCUT2D eigenvalue weighted by molar-refractivity contribution is 0.779. The topological polar surface area (TPSA) is 28.7 Å². The van der Waals surface area contributed by atoms with Crippen LogP contribution in [0.1, 0.15) is 24.2 Å². The predicted molar refractivity (Wildman–Crippen MR) is 77.6 cm³/mol. The third kappa shape index (κ3) is 1.67. The Morgan fingerprint density at radius 1 is 1.05 bits per heavy atom. The molecule has 0 atom stereocenters. The van der Waals surface area contributed by atoms with Crippen LogP contribution in [0.5, 0.6) is 0 Å². The van der Waals surface area contributed by atoms with Gasteiger partial charge in [-0.15, -0.1) is 0 Å². The lowest BCUT2D eigenvalue weighted by atomic mass is 9.95. The third-order valence-electron chi connectivity index (χ3n) is 3.97. The molecule has 3 heteroatoms. The molecule has 1 fully saturated rings. The summed E-state index contributed by atoms with van der Waals surface area (Å²) in [6.07, 6.45) is 2.31. The van der Waals surface area contributed by atoms with E-state index in [1.165, 1.54) is 5.56 Å². The van der Waals surface area contributed by atoms with Gasteiger partial charge in [-0.2, -0.15) is 0 Å². The number of nitrogens with one attached hydrogen (secondary N) is 1. The largest absolute Gasteiger partial charge is 0.341 e. The minimum atomic E-state index is 0.0900.